The molecular formula is C15H30O4. The average molecular weight is 274 g/mol. The molecule has 0 aliphatic carbocycles. The molecule has 0 atom stereocenters. The van der Waals surface area contributed by atoms with Gasteiger partial charge in [-0.15, -0.1) is 0 Å². The van der Waals surface area contributed by atoms with Crippen molar-refractivity contribution in [2.24, 2.45) is 0 Å². The van der Waals surface area contributed by atoms with Gasteiger partial charge in [0.05, 0.1) is 0 Å². The topological polar surface area (TPSA) is 74.6 Å². The molecule has 0 fully saturated rings. The predicted molar refractivity (Wildman–Crippen MR) is 77.4 cm³/mol. The van der Waals surface area contributed by atoms with Crippen molar-refractivity contribution >= 4 is 11.9 Å². The minimum absolute atomic E-state index is 0.276. The van der Waals surface area contributed by atoms with E-state index < -0.39 is 11.9 Å². The first-order valence-corrected chi connectivity index (χ1v) is 7.48. The molecule has 0 saturated heterocycles. The summed E-state index contributed by atoms with van der Waals surface area (Å²) in [7, 11) is 0. The van der Waals surface area contributed by atoms with Crippen LogP contribution in [-0.4, -0.2) is 22.2 Å². The van der Waals surface area contributed by atoms with Crippen LogP contribution >= 0.6 is 0 Å². The molecule has 0 rings (SSSR count). The largest absolute Gasteiger partial charge is 0.481 e. The number of hydrogen-bond donors (Lipinski definition) is 2. The van der Waals surface area contributed by atoms with Gasteiger partial charge in [-0.3, -0.25) is 9.59 Å². The number of rotatable bonds is 11. The number of carboxylic acids is 2. The summed E-state index contributed by atoms with van der Waals surface area (Å²) in [5.74, 6) is -1.43. The molecule has 0 heterocycles. The van der Waals surface area contributed by atoms with Crippen molar-refractivity contribution in [2.45, 2.75) is 84.5 Å². The van der Waals surface area contributed by atoms with Crippen LogP contribution < -0.4 is 0 Å². The lowest BCUT2D eigenvalue weighted by atomic mass is 10.1. The van der Waals surface area contributed by atoms with Gasteiger partial charge in [-0.2, -0.15) is 0 Å². The average Bonchev–Trinajstić information content (AvgIpc) is 2.32. The van der Waals surface area contributed by atoms with Crippen molar-refractivity contribution in [3.63, 3.8) is 0 Å². The van der Waals surface area contributed by atoms with Crippen molar-refractivity contribution < 1.29 is 19.8 Å². The van der Waals surface area contributed by atoms with Crippen molar-refractivity contribution in [1.29, 1.82) is 0 Å². The number of aliphatic carboxylic acids is 2. The van der Waals surface area contributed by atoms with E-state index in [0.29, 0.717) is 0 Å². The van der Waals surface area contributed by atoms with E-state index in [2.05, 4.69) is 13.8 Å². The second kappa shape index (κ2) is 16.9. The molecule has 0 saturated carbocycles. The van der Waals surface area contributed by atoms with E-state index in [1.54, 1.807) is 0 Å². The van der Waals surface area contributed by atoms with Gasteiger partial charge in [0, 0.05) is 12.8 Å². The zero-order valence-electron chi connectivity index (χ0n) is 12.5. The van der Waals surface area contributed by atoms with Crippen LogP contribution in [0.4, 0.5) is 0 Å². The van der Waals surface area contributed by atoms with Gasteiger partial charge in [-0.1, -0.05) is 58.8 Å². The summed E-state index contributed by atoms with van der Waals surface area (Å²) in [6, 6.07) is 0. The van der Waals surface area contributed by atoms with Crippen molar-refractivity contribution in [3.05, 3.63) is 0 Å². The van der Waals surface area contributed by atoms with Gasteiger partial charge in [0.15, 0.2) is 0 Å². The molecule has 114 valence electrons. The summed E-state index contributed by atoms with van der Waals surface area (Å²) in [6.07, 6.45) is 9.76. The van der Waals surface area contributed by atoms with Crippen LogP contribution in [-0.2, 0) is 9.59 Å². The fourth-order valence-corrected chi connectivity index (χ4v) is 1.61. The lowest BCUT2D eigenvalue weighted by Gasteiger charge is -2.00. The molecule has 0 aliphatic rings. The highest BCUT2D eigenvalue weighted by molar-refractivity contribution is 5.66. The molecule has 0 aromatic carbocycles. The maximum Gasteiger partial charge on any atom is 0.303 e. The Labute approximate surface area is 117 Å². The van der Waals surface area contributed by atoms with Gasteiger partial charge in [0.2, 0.25) is 0 Å². The van der Waals surface area contributed by atoms with Crippen molar-refractivity contribution in [3.8, 4) is 0 Å². The number of carbonyl (C=O) groups is 2. The molecule has 0 aliphatic heterocycles. The highest BCUT2D eigenvalue weighted by Crippen LogP contribution is 2.10. The van der Waals surface area contributed by atoms with Gasteiger partial charge in [-0.05, 0) is 12.8 Å². The molecule has 0 aromatic rings. The maximum absolute atomic E-state index is 10.2. The predicted octanol–water partition coefficient (Wildman–Crippen LogP) is 4.47. The summed E-state index contributed by atoms with van der Waals surface area (Å²) in [6.45, 7) is 4.25. The highest BCUT2D eigenvalue weighted by atomic mass is 16.4. The third kappa shape index (κ3) is 26.5. The van der Waals surface area contributed by atoms with Crippen LogP contribution in [0.3, 0.4) is 0 Å². The molecule has 0 spiro atoms. The Morgan fingerprint density at radius 1 is 0.632 bits per heavy atom. The van der Waals surface area contributed by atoms with Gasteiger partial charge in [0.25, 0.3) is 0 Å². The van der Waals surface area contributed by atoms with Crippen LogP contribution in [0.5, 0.6) is 0 Å². The lowest BCUT2D eigenvalue weighted by molar-refractivity contribution is -0.138. The zero-order chi connectivity index (χ0) is 14.9. The Morgan fingerprint density at radius 3 is 1.05 bits per heavy atom. The third-order valence-electron chi connectivity index (χ3n) is 2.53. The molecule has 4 nitrogen and oxygen atoms in total. The fourth-order valence-electron chi connectivity index (χ4n) is 1.61. The van der Waals surface area contributed by atoms with Crippen molar-refractivity contribution in [2.75, 3.05) is 0 Å². The van der Waals surface area contributed by atoms with Gasteiger partial charge in [0.1, 0.15) is 0 Å². The fraction of sp³-hybridized carbons (Fsp3) is 0.867. The molecule has 0 bridgehead atoms. The third-order valence-corrected chi connectivity index (χ3v) is 2.53. The van der Waals surface area contributed by atoms with E-state index in [1.165, 1.54) is 6.42 Å². The first-order chi connectivity index (χ1) is 9.04. The van der Waals surface area contributed by atoms with E-state index in [-0.39, 0.29) is 12.8 Å². The molecule has 2 N–H and O–H groups in total. The van der Waals surface area contributed by atoms with E-state index in [4.69, 9.17) is 10.2 Å². The van der Waals surface area contributed by atoms with E-state index in [0.717, 1.165) is 51.4 Å². The second-order valence-electron chi connectivity index (χ2n) is 4.82. The molecule has 0 aromatic heterocycles. The van der Waals surface area contributed by atoms with Gasteiger partial charge in [-0.25, -0.2) is 0 Å². The standard InChI is InChI=1S/C12H22O4.C3H8/c13-11(14)9-7-5-3-1-2-4-6-8-10-12(15)16;1-3-2/h1-10H2,(H,13,14)(H,15,16);3H2,1-2H3. The van der Waals surface area contributed by atoms with E-state index in [1.807, 2.05) is 0 Å². The minimum atomic E-state index is -0.714. The summed E-state index contributed by atoms with van der Waals surface area (Å²) in [4.78, 5) is 20.4. The summed E-state index contributed by atoms with van der Waals surface area (Å²) in [5.41, 5.74) is 0. The van der Waals surface area contributed by atoms with E-state index >= 15 is 0 Å². The zero-order valence-corrected chi connectivity index (χ0v) is 12.5. The molecule has 0 unspecified atom stereocenters. The van der Waals surface area contributed by atoms with Crippen molar-refractivity contribution in [1.82, 2.24) is 0 Å². The first kappa shape index (κ1) is 20.3. The maximum atomic E-state index is 10.2. The Hall–Kier alpha value is -1.06. The Balaban J connectivity index is 0. The lowest BCUT2D eigenvalue weighted by Crippen LogP contribution is -1.94. The number of carboxylic acid groups (broad SMARTS) is 2. The molecule has 4 heteroatoms. The number of hydrogen-bond acceptors (Lipinski definition) is 2. The Kier molecular flexibility index (Phi) is 18.1. The smallest absolute Gasteiger partial charge is 0.303 e. The summed E-state index contributed by atoms with van der Waals surface area (Å²) < 4.78 is 0. The Bertz CT molecular complexity index is 192. The minimum Gasteiger partial charge on any atom is -0.481 e. The quantitative estimate of drug-likeness (QED) is 0.545. The van der Waals surface area contributed by atoms with Crippen LogP contribution in [0, 0.1) is 0 Å². The SMILES string of the molecule is CCC.O=C(O)CCCCCCCCCCC(=O)O. The molecule has 19 heavy (non-hydrogen) atoms. The van der Waals surface area contributed by atoms with Gasteiger partial charge < -0.3 is 10.2 Å². The molecular weight excluding hydrogens is 244 g/mol. The first-order valence-electron chi connectivity index (χ1n) is 7.48. The number of unbranched alkanes of at least 4 members (excludes halogenated alkanes) is 7. The molecule has 0 amide bonds. The monoisotopic (exact) mass is 274 g/mol. The van der Waals surface area contributed by atoms with Gasteiger partial charge >= 0.3 is 11.9 Å². The van der Waals surface area contributed by atoms with Crippen LogP contribution in [0.1, 0.15) is 84.5 Å². The summed E-state index contributed by atoms with van der Waals surface area (Å²) in [5, 5.41) is 16.8. The van der Waals surface area contributed by atoms with E-state index in [9.17, 15) is 9.59 Å². The Morgan fingerprint density at radius 2 is 0.842 bits per heavy atom. The van der Waals surface area contributed by atoms with Crippen LogP contribution in [0.25, 0.3) is 0 Å². The molecule has 0 radical (unpaired) electrons. The summed E-state index contributed by atoms with van der Waals surface area (Å²) >= 11 is 0. The van der Waals surface area contributed by atoms with Crippen LogP contribution in [0.2, 0.25) is 0 Å². The second-order valence-corrected chi connectivity index (χ2v) is 4.82. The normalized spacial score (nSPS) is 9.58. The highest BCUT2D eigenvalue weighted by Gasteiger charge is 1.98. The van der Waals surface area contributed by atoms with Crippen LogP contribution in [0.15, 0.2) is 0 Å².